The van der Waals surface area contributed by atoms with Gasteiger partial charge in [-0.1, -0.05) is 12.2 Å². The zero-order valence-electron chi connectivity index (χ0n) is 15.4. The Labute approximate surface area is 165 Å². The number of hydrogen-bond donors (Lipinski definition) is 1. The number of halogens is 3. The molecular formula is C20H20F3N2O4-. The molecule has 2 aliphatic carbocycles. The Kier molecular flexibility index (Phi) is 5.02. The molecule has 1 amide bonds. The summed E-state index contributed by atoms with van der Waals surface area (Å²) in [4.78, 5) is 26.4. The molecule has 29 heavy (non-hydrogen) atoms. The van der Waals surface area contributed by atoms with Gasteiger partial charge in [0.05, 0.1) is 36.1 Å². The van der Waals surface area contributed by atoms with Crippen molar-refractivity contribution >= 4 is 23.3 Å². The predicted molar refractivity (Wildman–Crippen MR) is 95.8 cm³/mol. The maximum absolute atomic E-state index is 13.2. The first-order valence-electron chi connectivity index (χ1n) is 9.49. The molecule has 2 bridgehead atoms. The Morgan fingerprint density at radius 3 is 2.38 bits per heavy atom. The molecule has 1 heterocycles. The van der Waals surface area contributed by atoms with E-state index in [1.807, 2.05) is 11.0 Å². The molecule has 0 spiro atoms. The van der Waals surface area contributed by atoms with Gasteiger partial charge in [0.2, 0.25) is 5.91 Å². The van der Waals surface area contributed by atoms with Gasteiger partial charge in [-0.15, -0.1) is 0 Å². The summed E-state index contributed by atoms with van der Waals surface area (Å²) in [5, 5.41) is 14.1. The second kappa shape index (κ2) is 7.37. The summed E-state index contributed by atoms with van der Waals surface area (Å²) in [5.74, 6) is -4.25. The van der Waals surface area contributed by atoms with Crippen LogP contribution in [0.5, 0.6) is 0 Å². The van der Waals surface area contributed by atoms with Crippen LogP contribution in [0.1, 0.15) is 12.0 Å². The first-order valence-corrected chi connectivity index (χ1v) is 9.49. The molecule has 9 heteroatoms. The van der Waals surface area contributed by atoms with E-state index in [-0.39, 0.29) is 17.5 Å². The van der Waals surface area contributed by atoms with Crippen LogP contribution >= 0.6 is 0 Å². The van der Waals surface area contributed by atoms with Crippen LogP contribution in [0, 0.1) is 23.7 Å². The molecule has 0 radical (unpaired) electrons. The van der Waals surface area contributed by atoms with Gasteiger partial charge in [0.25, 0.3) is 0 Å². The Hall–Kier alpha value is -2.55. The van der Waals surface area contributed by atoms with E-state index in [1.165, 1.54) is 6.07 Å². The number of hydrogen-bond acceptors (Lipinski definition) is 5. The number of carbonyl (C=O) groups is 2. The number of nitrogens with zero attached hydrogens (tertiary/aromatic N) is 1. The van der Waals surface area contributed by atoms with Gasteiger partial charge in [0.1, 0.15) is 0 Å². The molecular weight excluding hydrogens is 389 g/mol. The smallest absolute Gasteiger partial charge is 0.416 e. The Balaban J connectivity index is 1.64. The molecule has 156 valence electrons. The monoisotopic (exact) mass is 409 g/mol. The number of carboxylic acids is 1. The molecule has 0 unspecified atom stereocenters. The number of anilines is 2. The van der Waals surface area contributed by atoms with E-state index in [0.717, 1.165) is 12.1 Å². The fraction of sp³-hybridized carbons (Fsp3) is 0.500. The van der Waals surface area contributed by atoms with Crippen LogP contribution in [0.25, 0.3) is 0 Å². The second-order valence-electron chi connectivity index (χ2n) is 7.64. The van der Waals surface area contributed by atoms with Crippen molar-refractivity contribution in [3.8, 4) is 0 Å². The zero-order valence-corrected chi connectivity index (χ0v) is 15.4. The van der Waals surface area contributed by atoms with E-state index in [1.54, 1.807) is 6.08 Å². The van der Waals surface area contributed by atoms with Crippen LogP contribution < -0.4 is 15.3 Å². The van der Waals surface area contributed by atoms with Gasteiger partial charge in [-0.2, -0.15) is 13.2 Å². The fourth-order valence-corrected chi connectivity index (χ4v) is 4.61. The summed E-state index contributed by atoms with van der Waals surface area (Å²) in [6, 6.07) is 3.21. The third-order valence-corrected chi connectivity index (χ3v) is 5.97. The number of morpholine rings is 1. The molecule has 1 aromatic carbocycles. The minimum absolute atomic E-state index is 0.0237. The summed E-state index contributed by atoms with van der Waals surface area (Å²) < 4.78 is 45.0. The number of benzene rings is 1. The van der Waals surface area contributed by atoms with Gasteiger partial charge >= 0.3 is 6.18 Å². The highest BCUT2D eigenvalue weighted by molar-refractivity contribution is 5.98. The number of aliphatic carboxylic acids is 1. The highest BCUT2D eigenvalue weighted by Gasteiger charge is 2.49. The first-order chi connectivity index (χ1) is 13.8. The number of amides is 1. The summed E-state index contributed by atoms with van der Waals surface area (Å²) in [6.45, 7) is 1.82. The van der Waals surface area contributed by atoms with Crippen molar-refractivity contribution in [2.24, 2.45) is 23.7 Å². The summed E-state index contributed by atoms with van der Waals surface area (Å²) in [6.07, 6.45) is -0.441. The summed E-state index contributed by atoms with van der Waals surface area (Å²) in [5.41, 5.74) is -0.400. The van der Waals surface area contributed by atoms with Crippen molar-refractivity contribution < 1.29 is 32.6 Å². The summed E-state index contributed by atoms with van der Waals surface area (Å²) >= 11 is 0. The third kappa shape index (κ3) is 3.71. The number of allylic oxidation sites excluding steroid dienone is 2. The van der Waals surface area contributed by atoms with E-state index < -0.39 is 35.5 Å². The van der Waals surface area contributed by atoms with Crippen LogP contribution in [-0.4, -0.2) is 38.2 Å². The van der Waals surface area contributed by atoms with Gasteiger partial charge in [-0.05, 0) is 36.5 Å². The lowest BCUT2D eigenvalue weighted by Crippen LogP contribution is -2.43. The van der Waals surface area contributed by atoms with Crippen LogP contribution in [-0.2, 0) is 20.5 Å². The van der Waals surface area contributed by atoms with Crippen LogP contribution in [0.15, 0.2) is 30.4 Å². The SMILES string of the molecule is O=C([O-])[C@@H]1[C@H](C(=O)Nc2cc(C(F)(F)F)ccc2N2CCOCC2)[C@@H]2C=C[C@H]1C2. The van der Waals surface area contributed by atoms with E-state index in [0.29, 0.717) is 38.4 Å². The molecule has 2 fully saturated rings. The molecule has 6 nitrogen and oxygen atoms in total. The van der Waals surface area contributed by atoms with Crippen molar-refractivity contribution in [1.82, 2.24) is 0 Å². The Morgan fingerprint density at radius 1 is 1.10 bits per heavy atom. The fourth-order valence-electron chi connectivity index (χ4n) is 4.61. The highest BCUT2D eigenvalue weighted by Crippen LogP contribution is 2.48. The first kappa shape index (κ1) is 19.8. The number of carbonyl (C=O) groups excluding carboxylic acids is 2. The Bertz CT molecular complexity index is 849. The molecule has 0 aromatic heterocycles. The van der Waals surface area contributed by atoms with Crippen molar-refractivity contribution in [2.75, 3.05) is 36.5 Å². The van der Waals surface area contributed by atoms with Crippen molar-refractivity contribution in [3.63, 3.8) is 0 Å². The van der Waals surface area contributed by atoms with Crippen molar-refractivity contribution in [2.45, 2.75) is 12.6 Å². The number of fused-ring (bicyclic) bond motifs is 2. The van der Waals surface area contributed by atoms with Gasteiger partial charge in [-0.3, -0.25) is 4.79 Å². The maximum Gasteiger partial charge on any atom is 0.416 e. The number of alkyl halides is 3. The number of ether oxygens (including phenoxy) is 1. The third-order valence-electron chi connectivity index (χ3n) is 5.97. The minimum atomic E-state index is -4.56. The van der Waals surface area contributed by atoms with Crippen LogP contribution in [0.3, 0.4) is 0 Å². The predicted octanol–water partition coefficient (Wildman–Crippen LogP) is 1.67. The van der Waals surface area contributed by atoms with Crippen LogP contribution in [0.2, 0.25) is 0 Å². The quantitative estimate of drug-likeness (QED) is 0.766. The lowest BCUT2D eigenvalue weighted by Gasteiger charge is -2.32. The zero-order chi connectivity index (χ0) is 20.8. The number of nitrogens with one attached hydrogen (secondary N) is 1. The van der Waals surface area contributed by atoms with Gasteiger partial charge in [0.15, 0.2) is 0 Å². The number of rotatable bonds is 4. The average Bonchev–Trinajstić information content (AvgIpc) is 3.29. The standard InChI is InChI=1S/C20H21F3N2O4/c21-20(22,23)13-3-4-15(25-5-7-29-8-6-25)14(10-13)24-18(26)16-11-1-2-12(9-11)17(16)19(27)28/h1-4,10-12,16-17H,5-9H2,(H,24,26)(H,27,28)/p-1/t11-,12+,16-,17+/m1/s1. The second-order valence-corrected chi connectivity index (χ2v) is 7.64. The van der Waals surface area contributed by atoms with Gasteiger partial charge in [0, 0.05) is 25.0 Å². The topological polar surface area (TPSA) is 81.7 Å². The van der Waals surface area contributed by atoms with Crippen LogP contribution in [0.4, 0.5) is 24.5 Å². The van der Waals surface area contributed by atoms with E-state index >= 15 is 0 Å². The van der Waals surface area contributed by atoms with E-state index in [9.17, 15) is 27.9 Å². The molecule has 1 N–H and O–H groups in total. The van der Waals surface area contributed by atoms with Gasteiger partial charge in [-0.25, -0.2) is 0 Å². The highest BCUT2D eigenvalue weighted by atomic mass is 19.4. The van der Waals surface area contributed by atoms with Crippen molar-refractivity contribution in [1.29, 1.82) is 0 Å². The molecule has 1 aromatic rings. The normalized spacial score (nSPS) is 28.6. The summed E-state index contributed by atoms with van der Waals surface area (Å²) in [7, 11) is 0. The lowest BCUT2D eigenvalue weighted by atomic mass is 9.82. The Morgan fingerprint density at radius 2 is 1.76 bits per heavy atom. The average molecular weight is 409 g/mol. The van der Waals surface area contributed by atoms with Crippen molar-refractivity contribution in [3.05, 3.63) is 35.9 Å². The van der Waals surface area contributed by atoms with Gasteiger partial charge < -0.3 is 24.9 Å². The minimum Gasteiger partial charge on any atom is -0.550 e. The largest absolute Gasteiger partial charge is 0.550 e. The maximum atomic E-state index is 13.2. The molecule has 1 aliphatic heterocycles. The molecule has 3 aliphatic rings. The number of carboxylic acid groups (broad SMARTS) is 1. The molecule has 4 atom stereocenters. The molecule has 1 saturated heterocycles. The molecule has 4 rings (SSSR count). The lowest BCUT2D eigenvalue weighted by molar-refractivity contribution is -0.313. The van der Waals surface area contributed by atoms with E-state index in [4.69, 9.17) is 4.74 Å². The van der Waals surface area contributed by atoms with E-state index in [2.05, 4.69) is 5.32 Å². The molecule has 1 saturated carbocycles.